The molecule has 0 aliphatic heterocycles. The average Bonchev–Trinajstić information content (AvgIpc) is 3.13. The van der Waals surface area contributed by atoms with E-state index in [9.17, 15) is 0 Å². The summed E-state index contributed by atoms with van der Waals surface area (Å²) in [6, 6.07) is 1.67. The Kier molecular flexibility index (Phi) is 58.5. The Bertz CT molecular complexity index is 222. The molecule has 0 aromatic heterocycles. The maximum absolute atomic E-state index is 7.71. The molecule has 0 atom stereocenters. The number of hydrogen-bond acceptors (Lipinski definition) is 2. The van der Waals surface area contributed by atoms with E-state index in [0.29, 0.717) is 15.4 Å². The molecule has 22 heavy (non-hydrogen) atoms. The van der Waals surface area contributed by atoms with Gasteiger partial charge in [0.25, 0.3) is 0 Å². The molecule has 2 nitrogen and oxygen atoms in total. The molecule has 13 radical (unpaired) electrons. The predicted octanol–water partition coefficient (Wildman–Crippen LogP) is 3.06. The summed E-state index contributed by atoms with van der Waals surface area (Å²) in [5.74, 6) is 6.17. The molecule has 0 aromatic rings. The van der Waals surface area contributed by atoms with E-state index in [1.54, 1.807) is 11.9 Å². The molecule has 2 fully saturated rings. The molecule has 0 saturated heterocycles. The SMILES string of the molecule is N#C[CH-]C=C=[N-].[CH3][Ge][CH3].[CH]1[CH][CH][CH][CH]1.[CH]1[CH][CH][CH][CH]1.[Co+2].[Co+3].[SH-]. The normalized spacial score (nSPS) is 13.0. The molecular formula is C16H19Co2GeN2S+2. The molecule has 0 heterocycles. The molecule has 2 aliphatic carbocycles. The van der Waals surface area contributed by atoms with Crippen molar-refractivity contribution in [3.8, 4) is 6.07 Å². The van der Waals surface area contributed by atoms with Crippen molar-refractivity contribution in [3.05, 3.63) is 82.1 Å². The van der Waals surface area contributed by atoms with Crippen molar-refractivity contribution in [3.63, 3.8) is 0 Å². The van der Waals surface area contributed by atoms with Crippen LogP contribution in [0, 0.1) is 82.0 Å². The van der Waals surface area contributed by atoms with Gasteiger partial charge in [-0.2, -0.15) is 0 Å². The number of rotatable bonds is 1. The molecule has 0 N–H and O–H groups in total. The first-order valence-electron chi connectivity index (χ1n) is 5.69. The van der Waals surface area contributed by atoms with Gasteiger partial charge in [-0.25, -0.2) is 11.3 Å². The third-order valence-corrected chi connectivity index (χ3v) is 1.34. The summed E-state index contributed by atoms with van der Waals surface area (Å²) in [5.41, 5.74) is 0. The number of allylic oxidation sites excluding steroid dienone is 1. The van der Waals surface area contributed by atoms with Crippen molar-refractivity contribution in [1.29, 1.82) is 5.26 Å². The van der Waals surface area contributed by atoms with Crippen molar-refractivity contribution >= 4 is 34.8 Å². The van der Waals surface area contributed by atoms with Crippen molar-refractivity contribution in [2.24, 2.45) is 0 Å². The van der Waals surface area contributed by atoms with Crippen molar-refractivity contribution in [2.45, 2.75) is 11.5 Å². The van der Waals surface area contributed by atoms with Gasteiger partial charge in [-0.1, -0.05) is 0 Å². The molecular weight excluding hydrogens is 443 g/mol. The fourth-order valence-electron chi connectivity index (χ4n) is 0.716. The summed E-state index contributed by atoms with van der Waals surface area (Å²) in [4.78, 5) is 0. The number of hydrogen-bond donors (Lipinski definition) is 0. The van der Waals surface area contributed by atoms with Crippen LogP contribution in [0.5, 0.6) is 0 Å². The van der Waals surface area contributed by atoms with Gasteiger partial charge >= 0.3 is 60.5 Å². The van der Waals surface area contributed by atoms with Gasteiger partial charge in [0, 0.05) is 0 Å². The number of thiol groups is 1. The maximum Gasteiger partial charge on any atom is 3.00 e. The Morgan fingerprint density at radius 2 is 1.14 bits per heavy atom. The third-order valence-electron chi connectivity index (χ3n) is 1.34. The summed E-state index contributed by atoms with van der Waals surface area (Å²) < 4.78 is 0. The number of nitrogens with zero attached hydrogens (tertiary/aromatic N) is 2. The predicted molar refractivity (Wildman–Crippen MR) is 92.1 cm³/mol. The zero-order valence-corrected chi connectivity index (χ0v) is 17.5. The van der Waals surface area contributed by atoms with Gasteiger partial charge in [-0.15, -0.1) is 6.42 Å². The Hall–Kier alpha value is 0.716. The monoisotopic (exact) mass is 463 g/mol. The van der Waals surface area contributed by atoms with E-state index in [1.807, 2.05) is 64.2 Å². The van der Waals surface area contributed by atoms with Crippen molar-refractivity contribution in [2.75, 3.05) is 0 Å². The topological polar surface area (TPSA) is 46.1 Å². The Labute approximate surface area is 172 Å². The van der Waals surface area contributed by atoms with Gasteiger partial charge < -0.3 is 24.8 Å². The van der Waals surface area contributed by atoms with Crippen LogP contribution in [-0.4, -0.2) is 21.3 Å². The molecule has 0 spiro atoms. The van der Waals surface area contributed by atoms with E-state index in [1.165, 1.54) is 0 Å². The Morgan fingerprint density at radius 1 is 0.909 bits per heavy atom. The Balaban J connectivity index is -0.0000000570. The standard InChI is InChI=1S/2C5H5.C4H2N2.C2H6Ge.2Co.H2S/c2*1-2-4-5-3-1;5-3-1-2-4-6;1-3-2;;;/h2*1-5H;1-2H;1-2H3;;;1H2/q;;-2;;+2;+3;/p-1. The first kappa shape index (κ1) is 34.1. The Morgan fingerprint density at radius 3 is 1.23 bits per heavy atom. The molecule has 2 aliphatic rings. The van der Waals surface area contributed by atoms with Crippen LogP contribution in [0.15, 0.2) is 6.08 Å². The average molecular weight is 462 g/mol. The van der Waals surface area contributed by atoms with E-state index < -0.39 is 0 Å². The fraction of sp³-hybridized carbons (Fsp3) is 0.125. The molecule has 2 rings (SSSR count). The third kappa shape index (κ3) is 42.8. The van der Waals surface area contributed by atoms with Gasteiger partial charge in [-0.3, -0.25) is 0 Å². The molecule has 6 heteroatoms. The van der Waals surface area contributed by atoms with Crippen LogP contribution < -0.4 is 0 Å². The van der Waals surface area contributed by atoms with Crippen molar-refractivity contribution < 1.29 is 33.6 Å². The fourth-order valence-corrected chi connectivity index (χ4v) is 0.716. The summed E-state index contributed by atoms with van der Waals surface area (Å²) >= 11 is 0.500. The van der Waals surface area contributed by atoms with Gasteiger partial charge in [-0.05, 0) is 70.3 Å². The van der Waals surface area contributed by atoms with Gasteiger partial charge in [0.1, 0.15) is 0 Å². The largest absolute Gasteiger partial charge is 3.00 e. The van der Waals surface area contributed by atoms with E-state index >= 15 is 0 Å². The second-order valence-corrected chi connectivity index (χ2v) is 5.11. The zero-order chi connectivity index (χ0) is 14.6. The van der Waals surface area contributed by atoms with Gasteiger partial charge in [0.2, 0.25) is 0 Å². The zero-order valence-electron chi connectivity index (χ0n) is 12.4. The smallest absolute Gasteiger partial charge is 0.813 e. The van der Waals surface area contributed by atoms with Crippen molar-refractivity contribution in [1.82, 2.24) is 0 Å². The van der Waals surface area contributed by atoms with E-state index in [4.69, 9.17) is 10.7 Å². The van der Waals surface area contributed by atoms with Crippen LogP contribution >= 0.6 is 0 Å². The molecule has 0 amide bonds. The van der Waals surface area contributed by atoms with E-state index in [0.717, 1.165) is 12.5 Å². The summed E-state index contributed by atoms with van der Waals surface area (Å²) in [7, 11) is 0. The minimum Gasteiger partial charge on any atom is -0.813 e. The summed E-state index contributed by atoms with van der Waals surface area (Å²) in [5, 5.41) is 15.4. The first-order valence-corrected chi connectivity index (χ1v) is 9.89. The van der Waals surface area contributed by atoms with Crippen LogP contribution in [0.3, 0.4) is 0 Å². The van der Waals surface area contributed by atoms with Gasteiger partial charge in [0.05, 0.1) is 0 Å². The van der Waals surface area contributed by atoms with Crippen LogP contribution in [0.25, 0.3) is 5.41 Å². The van der Waals surface area contributed by atoms with E-state index in [-0.39, 0.29) is 47.1 Å². The number of nitriles is 1. The molecule has 119 valence electrons. The quantitative estimate of drug-likeness (QED) is 0.198. The summed E-state index contributed by atoms with van der Waals surface area (Å²) in [6.07, 6.45) is 22.2. The molecule has 0 aromatic carbocycles. The van der Waals surface area contributed by atoms with Crippen LogP contribution in [-0.2, 0) is 47.1 Å². The summed E-state index contributed by atoms with van der Waals surface area (Å²) in [6.45, 7) is 0. The second kappa shape index (κ2) is 37.7. The van der Waals surface area contributed by atoms with Crippen LogP contribution in [0.1, 0.15) is 0 Å². The molecule has 0 unspecified atom stereocenters. The second-order valence-electron chi connectivity index (χ2n) is 3.02. The molecule has 0 bridgehead atoms. The minimum atomic E-state index is 0. The first-order chi connectivity index (χ1) is 9.33. The molecule has 2 saturated carbocycles. The van der Waals surface area contributed by atoms with Crippen LogP contribution in [0.2, 0.25) is 11.5 Å². The van der Waals surface area contributed by atoms with Gasteiger partial charge in [0.15, 0.2) is 0 Å². The van der Waals surface area contributed by atoms with Crippen LogP contribution in [0.4, 0.5) is 0 Å². The maximum atomic E-state index is 7.71. The minimum absolute atomic E-state index is 0. The van der Waals surface area contributed by atoms with E-state index in [2.05, 4.69) is 11.5 Å².